The zero-order chi connectivity index (χ0) is 13.7. The number of hydrogen-bond donors (Lipinski definition) is 1. The summed E-state index contributed by atoms with van der Waals surface area (Å²) in [6.07, 6.45) is 3.60. The quantitative estimate of drug-likeness (QED) is 0.874. The predicted molar refractivity (Wildman–Crippen MR) is 78.8 cm³/mol. The summed E-state index contributed by atoms with van der Waals surface area (Å²) in [4.78, 5) is 21.9. The normalized spacial score (nSPS) is 15.9. The van der Waals surface area contributed by atoms with Gasteiger partial charge < -0.3 is 15.1 Å². The summed E-state index contributed by atoms with van der Waals surface area (Å²) in [5.74, 6) is 0.252. The standard InChI is InChI=1S/C13H22N4OS/c1-3-11-10-15-13(19-11)17-8-6-16(7-9-17)12(18)4-5-14-2/h10,14H,3-9H2,1-2H3. The highest BCUT2D eigenvalue weighted by atomic mass is 32.1. The van der Waals surface area contributed by atoms with Crippen LogP contribution in [0, 0.1) is 0 Å². The molecular formula is C13H22N4OS. The Morgan fingerprint density at radius 1 is 1.42 bits per heavy atom. The summed E-state index contributed by atoms with van der Waals surface area (Å²) >= 11 is 1.76. The van der Waals surface area contributed by atoms with Gasteiger partial charge in [0.25, 0.3) is 0 Å². The lowest BCUT2D eigenvalue weighted by Gasteiger charge is -2.34. The molecule has 2 heterocycles. The van der Waals surface area contributed by atoms with E-state index < -0.39 is 0 Å². The zero-order valence-electron chi connectivity index (χ0n) is 11.7. The maximum absolute atomic E-state index is 11.9. The Morgan fingerprint density at radius 3 is 2.74 bits per heavy atom. The number of carbonyl (C=O) groups is 1. The largest absolute Gasteiger partial charge is 0.345 e. The van der Waals surface area contributed by atoms with Crippen LogP contribution in [-0.2, 0) is 11.2 Å². The van der Waals surface area contributed by atoms with Crippen molar-refractivity contribution in [1.29, 1.82) is 0 Å². The van der Waals surface area contributed by atoms with Gasteiger partial charge in [0.05, 0.1) is 0 Å². The Balaban J connectivity index is 1.83. The van der Waals surface area contributed by atoms with Gasteiger partial charge >= 0.3 is 0 Å². The lowest BCUT2D eigenvalue weighted by atomic mass is 10.3. The molecule has 19 heavy (non-hydrogen) atoms. The highest BCUT2D eigenvalue weighted by Gasteiger charge is 2.22. The molecule has 5 nitrogen and oxygen atoms in total. The molecule has 0 bridgehead atoms. The second kappa shape index (κ2) is 6.86. The van der Waals surface area contributed by atoms with E-state index in [1.54, 1.807) is 11.3 Å². The molecule has 0 unspecified atom stereocenters. The Hall–Kier alpha value is -1.14. The van der Waals surface area contributed by atoms with Crippen LogP contribution in [0.15, 0.2) is 6.20 Å². The van der Waals surface area contributed by atoms with Crippen LogP contribution in [0.2, 0.25) is 0 Å². The van der Waals surface area contributed by atoms with Crippen molar-refractivity contribution >= 4 is 22.4 Å². The third-order valence-corrected chi connectivity index (χ3v) is 4.58. The fraction of sp³-hybridized carbons (Fsp3) is 0.692. The number of rotatable bonds is 5. The van der Waals surface area contributed by atoms with Crippen LogP contribution in [0.3, 0.4) is 0 Å². The number of anilines is 1. The Morgan fingerprint density at radius 2 is 2.16 bits per heavy atom. The van der Waals surface area contributed by atoms with Crippen LogP contribution in [-0.4, -0.2) is 55.6 Å². The van der Waals surface area contributed by atoms with Gasteiger partial charge in [-0.1, -0.05) is 6.92 Å². The first kappa shape index (κ1) is 14.3. The van der Waals surface area contributed by atoms with Crippen LogP contribution in [0.1, 0.15) is 18.2 Å². The highest BCUT2D eigenvalue weighted by molar-refractivity contribution is 7.15. The van der Waals surface area contributed by atoms with Gasteiger partial charge in [0.15, 0.2) is 5.13 Å². The van der Waals surface area contributed by atoms with E-state index in [-0.39, 0.29) is 5.91 Å². The molecule has 1 aromatic heterocycles. The van der Waals surface area contributed by atoms with Gasteiger partial charge in [-0.15, -0.1) is 11.3 Å². The van der Waals surface area contributed by atoms with E-state index in [9.17, 15) is 4.79 Å². The van der Waals surface area contributed by atoms with Crippen molar-refractivity contribution < 1.29 is 4.79 Å². The molecule has 6 heteroatoms. The van der Waals surface area contributed by atoms with Crippen LogP contribution in [0.25, 0.3) is 0 Å². The number of aromatic nitrogens is 1. The van der Waals surface area contributed by atoms with Crippen molar-refractivity contribution in [1.82, 2.24) is 15.2 Å². The molecule has 0 saturated carbocycles. The van der Waals surface area contributed by atoms with Gasteiger partial charge in [0.1, 0.15) is 0 Å². The van der Waals surface area contributed by atoms with E-state index in [2.05, 4.69) is 22.1 Å². The molecule has 1 aliphatic rings. The first-order chi connectivity index (χ1) is 9.24. The molecule has 0 aliphatic carbocycles. The first-order valence-electron chi connectivity index (χ1n) is 6.86. The summed E-state index contributed by atoms with van der Waals surface area (Å²) < 4.78 is 0. The number of aryl methyl sites for hydroxylation is 1. The Kier molecular flexibility index (Phi) is 5.15. The molecule has 2 rings (SSSR count). The van der Waals surface area contributed by atoms with E-state index in [0.717, 1.165) is 44.3 Å². The monoisotopic (exact) mass is 282 g/mol. The number of piperazine rings is 1. The van der Waals surface area contributed by atoms with Crippen molar-refractivity contribution in [3.8, 4) is 0 Å². The van der Waals surface area contributed by atoms with Gasteiger partial charge in [-0.25, -0.2) is 4.98 Å². The minimum atomic E-state index is 0.252. The summed E-state index contributed by atoms with van der Waals surface area (Å²) in [6, 6.07) is 0. The molecule has 0 spiro atoms. The SMILES string of the molecule is CCc1cnc(N2CCN(C(=O)CCNC)CC2)s1. The number of thiazole rings is 1. The smallest absolute Gasteiger partial charge is 0.223 e. The molecule has 106 valence electrons. The average molecular weight is 282 g/mol. The topological polar surface area (TPSA) is 48.5 Å². The minimum Gasteiger partial charge on any atom is -0.345 e. The van der Waals surface area contributed by atoms with Crippen LogP contribution in [0.5, 0.6) is 0 Å². The maximum Gasteiger partial charge on any atom is 0.223 e. The number of nitrogens with one attached hydrogen (secondary N) is 1. The van der Waals surface area contributed by atoms with Gasteiger partial charge in [-0.3, -0.25) is 4.79 Å². The summed E-state index contributed by atoms with van der Waals surface area (Å²) in [5.41, 5.74) is 0. The van der Waals surface area contributed by atoms with E-state index in [4.69, 9.17) is 0 Å². The van der Waals surface area contributed by atoms with Crippen LogP contribution >= 0.6 is 11.3 Å². The van der Waals surface area contributed by atoms with E-state index >= 15 is 0 Å². The van der Waals surface area contributed by atoms with Crippen molar-refractivity contribution in [2.75, 3.05) is 44.7 Å². The van der Waals surface area contributed by atoms with Crippen molar-refractivity contribution in [3.05, 3.63) is 11.1 Å². The van der Waals surface area contributed by atoms with Gasteiger partial charge in [-0.2, -0.15) is 0 Å². The molecule has 1 aliphatic heterocycles. The first-order valence-corrected chi connectivity index (χ1v) is 7.68. The van der Waals surface area contributed by atoms with Crippen molar-refractivity contribution in [3.63, 3.8) is 0 Å². The fourth-order valence-corrected chi connectivity index (χ4v) is 3.05. The number of nitrogens with zero attached hydrogens (tertiary/aromatic N) is 3. The molecule has 1 fully saturated rings. The van der Waals surface area contributed by atoms with E-state index in [1.807, 2.05) is 18.1 Å². The summed E-state index contributed by atoms with van der Waals surface area (Å²) in [5, 5.41) is 4.11. The number of carbonyl (C=O) groups excluding carboxylic acids is 1. The minimum absolute atomic E-state index is 0.252. The third-order valence-electron chi connectivity index (χ3n) is 3.38. The number of amides is 1. The Bertz CT molecular complexity index is 413. The zero-order valence-corrected chi connectivity index (χ0v) is 12.5. The molecule has 0 atom stereocenters. The molecule has 0 radical (unpaired) electrons. The molecular weight excluding hydrogens is 260 g/mol. The van der Waals surface area contributed by atoms with E-state index in [1.165, 1.54) is 4.88 Å². The van der Waals surface area contributed by atoms with Crippen LogP contribution < -0.4 is 10.2 Å². The number of hydrogen-bond acceptors (Lipinski definition) is 5. The van der Waals surface area contributed by atoms with Gasteiger partial charge in [0, 0.05) is 50.2 Å². The molecule has 1 amide bonds. The lowest BCUT2D eigenvalue weighted by Crippen LogP contribution is -2.49. The highest BCUT2D eigenvalue weighted by Crippen LogP contribution is 2.23. The predicted octanol–water partition coefficient (Wildman–Crippen LogP) is 0.964. The van der Waals surface area contributed by atoms with E-state index in [0.29, 0.717) is 6.42 Å². The van der Waals surface area contributed by atoms with Crippen LogP contribution in [0.4, 0.5) is 5.13 Å². The van der Waals surface area contributed by atoms with Crippen molar-refractivity contribution in [2.45, 2.75) is 19.8 Å². The second-order valence-electron chi connectivity index (χ2n) is 4.68. The maximum atomic E-state index is 11.9. The average Bonchev–Trinajstić information content (AvgIpc) is 2.94. The van der Waals surface area contributed by atoms with Gasteiger partial charge in [0.2, 0.25) is 5.91 Å². The second-order valence-corrected chi connectivity index (χ2v) is 5.78. The third kappa shape index (κ3) is 3.67. The van der Waals surface area contributed by atoms with Gasteiger partial charge in [-0.05, 0) is 13.5 Å². The molecule has 1 saturated heterocycles. The summed E-state index contributed by atoms with van der Waals surface area (Å²) in [6.45, 7) is 6.30. The summed E-state index contributed by atoms with van der Waals surface area (Å²) in [7, 11) is 1.87. The molecule has 1 N–H and O–H groups in total. The lowest BCUT2D eigenvalue weighted by molar-refractivity contribution is -0.131. The van der Waals surface area contributed by atoms with Crippen molar-refractivity contribution in [2.24, 2.45) is 0 Å². The Labute approximate surface area is 118 Å². The molecule has 1 aromatic rings. The fourth-order valence-electron chi connectivity index (χ4n) is 2.14. The molecule has 0 aromatic carbocycles.